The zero-order valence-corrected chi connectivity index (χ0v) is 12.7. The average molecular weight is 307 g/mol. The molecule has 0 aliphatic rings. The Morgan fingerprint density at radius 1 is 1.00 bits per heavy atom. The Morgan fingerprint density at radius 2 is 1.83 bits per heavy atom. The van der Waals surface area contributed by atoms with Crippen LogP contribution < -0.4 is 0 Å². The smallest absolute Gasteiger partial charge is 0.141 e. The minimum atomic E-state index is -0.636. The van der Waals surface area contributed by atoms with E-state index in [1.165, 1.54) is 17.7 Å². The molecule has 0 atom stereocenters. The van der Waals surface area contributed by atoms with Gasteiger partial charge in [-0.25, -0.2) is 8.78 Å². The molecule has 0 unspecified atom stereocenters. The molecule has 0 heterocycles. The molecule has 1 nitrogen and oxygen atoms in total. The lowest BCUT2D eigenvalue weighted by molar-refractivity contribution is 0.623. The zero-order chi connectivity index (χ0) is 16.4. The first kappa shape index (κ1) is 15.2. The molecular formula is C20H15F2N. The predicted molar refractivity (Wildman–Crippen MR) is 88.0 cm³/mol. The van der Waals surface area contributed by atoms with Crippen LogP contribution in [0.5, 0.6) is 0 Å². The molecule has 0 spiro atoms. The van der Waals surface area contributed by atoms with Crippen molar-refractivity contribution in [3.05, 3.63) is 71.3 Å². The Balaban J connectivity index is 2.12. The highest BCUT2D eigenvalue weighted by atomic mass is 19.1. The first-order valence-electron chi connectivity index (χ1n) is 7.55. The normalized spacial score (nSPS) is 10.7. The Kier molecular flexibility index (Phi) is 4.08. The summed E-state index contributed by atoms with van der Waals surface area (Å²) in [5.41, 5.74) is 1.90. The molecule has 0 saturated heterocycles. The standard InChI is InChI=1S/C20H15F2N/c1-2-3-13-4-8-17-14(10-13)7-9-18(20(17)22)15-5-6-16(12-23)19(21)11-15/h4-11H,2-3H2,1H3. The van der Waals surface area contributed by atoms with Gasteiger partial charge in [-0.2, -0.15) is 5.26 Å². The van der Waals surface area contributed by atoms with E-state index in [-0.39, 0.29) is 11.4 Å². The number of hydrogen-bond acceptors (Lipinski definition) is 1. The third kappa shape index (κ3) is 2.80. The predicted octanol–water partition coefficient (Wildman–Crippen LogP) is 5.61. The molecule has 0 N–H and O–H groups in total. The van der Waals surface area contributed by atoms with Crippen molar-refractivity contribution in [3.63, 3.8) is 0 Å². The van der Waals surface area contributed by atoms with E-state index in [2.05, 4.69) is 6.92 Å². The van der Waals surface area contributed by atoms with Crippen molar-refractivity contribution in [1.82, 2.24) is 0 Å². The van der Waals surface area contributed by atoms with Crippen LogP contribution in [-0.4, -0.2) is 0 Å². The average Bonchev–Trinajstić information content (AvgIpc) is 2.55. The number of halogens is 2. The second-order valence-electron chi connectivity index (χ2n) is 5.54. The molecule has 0 aliphatic carbocycles. The summed E-state index contributed by atoms with van der Waals surface area (Å²) in [6, 6.07) is 15.1. The number of benzene rings is 3. The minimum Gasteiger partial charge on any atom is -0.206 e. The minimum absolute atomic E-state index is 0.0424. The fourth-order valence-corrected chi connectivity index (χ4v) is 2.78. The van der Waals surface area contributed by atoms with Gasteiger partial charge < -0.3 is 0 Å². The number of fused-ring (bicyclic) bond motifs is 1. The van der Waals surface area contributed by atoms with Crippen molar-refractivity contribution >= 4 is 10.8 Å². The highest BCUT2D eigenvalue weighted by Crippen LogP contribution is 2.30. The summed E-state index contributed by atoms with van der Waals surface area (Å²) in [6.07, 6.45) is 2.00. The van der Waals surface area contributed by atoms with E-state index in [9.17, 15) is 8.78 Å². The molecule has 0 saturated carbocycles. The molecule has 3 heteroatoms. The highest BCUT2D eigenvalue weighted by molar-refractivity contribution is 5.88. The summed E-state index contributed by atoms with van der Waals surface area (Å²) in [5, 5.41) is 10.1. The van der Waals surface area contributed by atoms with Crippen LogP contribution in [0.3, 0.4) is 0 Å². The Hall–Kier alpha value is -2.73. The van der Waals surface area contributed by atoms with Crippen LogP contribution in [0, 0.1) is 23.0 Å². The summed E-state index contributed by atoms with van der Waals surface area (Å²) in [7, 11) is 0. The molecular weight excluding hydrogens is 292 g/mol. The molecule has 114 valence electrons. The summed E-state index contributed by atoms with van der Waals surface area (Å²) >= 11 is 0. The van der Waals surface area contributed by atoms with Gasteiger partial charge in [0.1, 0.15) is 17.7 Å². The quantitative estimate of drug-likeness (QED) is 0.617. The highest BCUT2D eigenvalue weighted by Gasteiger charge is 2.12. The monoisotopic (exact) mass is 307 g/mol. The van der Waals surface area contributed by atoms with E-state index >= 15 is 0 Å². The van der Waals surface area contributed by atoms with E-state index in [4.69, 9.17) is 5.26 Å². The first-order valence-corrected chi connectivity index (χ1v) is 7.55. The Labute approximate surface area is 133 Å². The van der Waals surface area contributed by atoms with Gasteiger partial charge >= 0.3 is 0 Å². The molecule has 0 amide bonds. The van der Waals surface area contributed by atoms with Gasteiger partial charge in [0.15, 0.2) is 0 Å². The van der Waals surface area contributed by atoms with Crippen molar-refractivity contribution in [2.24, 2.45) is 0 Å². The lowest BCUT2D eigenvalue weighted by Crippen LogP contribution is -1.91. The van der Waals surface area contributed by atoms with Gasteiger partial charge in [0.25, 0.3) is 0 Å². The van der Waals surface area contributed by atoms with E-state index in [0.29, 0.717) is 16.5 Å². The van der Waals surface area contributed by atoms with Crippen LogP contribution in [0.1, 0.15) is 24.5 Å². The van der Waals surface area contributed by atoms with Crippen LogP contribution in [0.15, 0.2) is 48.5 Å². The molecule has 0 aliphatic heterocycles. The van der Waals surface area contributed by atoms with Gasteiger partial charge in [0.2, 0.25) is 0 Å². The zero-order valence-electron chi connectivity index (χ0n) is 12.7. The van der Waals surface area contributed by atoms with Crippen LogP contribution in [-0.2, 0) is 6.42 Å². The van der Waals surface area contributed by atoms with E-state index < -0.39 is 5.82 Å². The SMILES string of the molecule is CCCc1ccc2c(F)c(-c3ccc(C#N)c(F)c3)ccc2c1. The lowest BCUT2D eigenvalue weighted by atomic mass is 9.97. The maximum Gasteiger partial charge on any atom is 0.141 e. The molecule has 0 aromatic heterocycles. The van der Waals surface area contributed by atoms with Crippen LogP contribution >= 0.6 is 0 Å². The van der Waals surface area contributed by atoms with Crippen molar-refractivity contribution in [2.75, 3.05) is 0 Å². The molecule has 3 aromatic carbocycles. The molecule has 3 aromatic rings. The fourth-order valence-electron chi connectivity index (χ4n) is 2.78. The molecule has 0 bridgehead atoms. The van der Waals surface area contributed by atoms with Gasteiger partial charge in [-0.3, -0.25) is 0 Å². The number of hydrogen-bond donors (Lipinski definition) is 0. The van der Waals surface area contributed by atoms with Gasteiger partial charge in [-0.05, 0) is 35.1 Å². The maximum atomic E-state index is 14.8. The number of rotatable bonds is 3. The van der Waals surface area contributed by atoms with E-state index in [0.717, 1.165) is 18.2 Å². The Bertz CT molecular complexity index is 923. The maximum absolute atomic E-state index is 14.8. The van der Waals surface area contributed by atoms with Crippen molar-refractivity contribution in [3.8, 4) is 17.2 Å². The van der Waals surface area contributed by atoms with E-state index in [1.807, 2.05) is 18.2 Å². The molecule has 3 rings (SSSR count). The van der Waals surface area contributed by atoms with Crippen molar-refractivity contribution < 1.29 is 8.78 Å². The molecule has 0 radical (unpaired) electrons. The molecule has 0 fully saturated rings. The number of aryl methyl sites for hydroxylation is 1. The summed E-state index contributed by atoms with van der Waals surface area (Å²) in [4.78, 5) is 0. The summed E-state index contributed by atoms with van der Waals surface area (Å²) in [5.74, 6) is -1.00. The van der Waals surface area contributed by atoms with E-state index in [1.54, 1.807) is 24.3 Å². The van der Waals surface area contributed by atoms with Gasteiger partial charge in [-0.1, -0.05) is 49.7 Å². The van der Waals surface area contributed by atoms with Gasteiger partial charge in [0.05, 0.1) is 5.56 Å². The van der Waals surface area contributed by atoms with Crippen LogP contribution in [0.2, 0.25) is 0 Å². The van der Waals surface area contributed by atoms with Crippen LogP contribution in [0.25, 0.3) is 21.9 Å². The van der Waals surface area contributed by atoms with Crippen LogP contribution in [0.4, 0.5) is 8.78 Å². The molecule has 23 heavy (non-hydrogen) atoms. The third-order valence-electron chi connectivity index (χ3n) is 3.96. The largest absolute Gasteiger partial charge is 0.206 e. The lowest BCUT2D eigenvalue weighted by Gasteiger charge is -2.09. The number of nitrogens with zero attached hydrogens (tertiary/aromatic N) is 1. The van der Waals surface area contributed by atoms with Gasteiger partial charge in [0, 0.05) is 10.9 Å². The summed E-state index contributed by atoms with van der Waals surface area (Å²) < 4.78 is 28.6. The second-order valence-corrected chi connectivity index (χ2v) is 5.54. The fraction of sp³-hybridized carbons (Fsp3) is 0.150. The topological polar surface area (TPSA) is 23.8 Å². The second kappa shape index (κ2) is 6.18. The van der Waals surface area contributed by atoms with Gasteiger partial charge in [-0.15, -0.1) is 0 Å². The third-order valence-corrected chi connectivity index (χ3v) is 3.96. The van der Waals surface area contributed by atoms with Crippen molar-refractivity contribution in [2.45, 2.75) is 19.8 Å². The Morgan fingerprint density at radius 3 is 2.52 bits per heavy atom. The first-order chi connectivity index (χ1) is 11.1. The number of nitriles is 1. The van der Waals surface area contributed by atoms with Crippen molar-refractivity contribution in [1.29, 1.82) is 5.26 Å². The summed E-state index contributed by atoms with van der Waals surface area (Å²) in [6.45, 7) is 2.10.